The molecule has 0 radical (unpaired) electrons. The van der Waals surface area contributed by atoms with Crippen molar-refractivity contribution >= 4 is 11.9 Å². The van der Waals surface area contributed by atoms with E-state index < -0.39 is 0 Å². The number of ether oxygens (including phenoxy) is 2. The Morgan fingerprint density at radius 2 is 1.91 bits per heavy atom. The third-order valence-corrected chi connectivity index (χ3v) is 6.04. The molecule has 130 valence electrons. The van der Waals surface area contributed by atoms with Crippen molar-refractivity contribution in [1.82, 2.24) is 5.32 Å². The van der Waals surface area contributed by atoms with Crippen LogP contribution in [0.3, 0.4) is 0 Å². The lowest BCUT2D eigenvalue weighted by Crippen LogP contribution is -2.35. The van der Waals surface area contributed by atoms with E-state index in [9.17, 15) is 9.59 Å². The molecule has 0 aromatic rings. The van der Waals surface area contributed by atoms with Crippen molar-refractivity contribution in [3.8, 4) is 0 Å². The highest BCUT2D eigenvalue weighted by atomic mass is 16.5. The standard InChI is InChI=1S/C18H29NO4/c1-22-18(21)13-6-7-16-15(10-13)14(11-23-16)8-9-19-17(20)12-4-2-3-5-12/h12-16H,2-11H2,1H3,(H,19,20). The van der Waals surface area contributed by atoms with Crippen LogP contribution in [0.5, 0.6) is 0 Å². The number of carbonyl (C=O) groups excluding carboxylic acids is 2. The number of hydrogen-bond donors (Lipinski definition) is 1. The number of nitrogens with one attached hydrogen (secondary N) is 1. The normalized spacial score (nSPS) is 34.1. The summed E-state index contributed by atoms with van der Waals surface area (Å²) in [6.07, 6.45) is 8.42. The highest BCUT2D eigenvalue weighted by Crippen LogP contribution is 2.42. The van der Waals surface area contributed by atoms with Crippen LogP contribution >= 0.6 is 0 Å². The Kier molecular flexibility index (Phi) is 5.57. The molecule has 4 atom stereocenters. The van der Waals surface area contributed by atoms with E-state index in [0.29, 0.717) is 17.9 Å². The van der Waals surface area contributed by atoms with Crippen molar-refractivity contribution in [1.29, 1.82) is 0 Å². The third-order valence-electron chi connectivity index (χ3n) is 6.04. The van der Waals surface area contributed by atoms with Crippen molar-refractivity contribution < 1.29 is 19.1 Å². The first-order valence-corrected chi connectivity index (χ1v) is 9.16. The molecule has 1 saturated heterocycles. The molecule has 3 aliphatic rings. The fraction of sp³-hybridized carbons (Fsp3) is 0.889. The molecule has 5 nitrogen and oxygen atoms in total. The molecule has 1 N–H and O–H groups in total. The van der Waals surface area contributed by atoms with Crippen molar-refractivity contribution in [3.05, 3.63) is 0 Å². The molecule has 3 fully saturated rings. The number of amides is 1. The van der Waals surface area contributed by atoms with Crippen LogP contribution in [0.25, 0.3) is 0 Å². The average Bonchev–Trinajstić information content (AvgIpc) is 3.23. The number of methoxy groups -OCH3 is 1. The molecule has 0 aromatic heterocycles. The fourth-order valence-corrected chi connectivity index (χ4v) is 4.64. The summed E-state index contributed by atoms with van der Waals surface area (Å²) in [5.74, 6) is 1.31. The van der Waals surface area contributed by atoms with E-state index in [0.717, 1.165) is 51.7 Å². The summed E-state index contributed by atoms with van der Waals surface area (Å²) in [5.41, 5.74) is 0. The van der Waals surface area contributed by atoms with E-state index in [1.165, 1.54) is 20.0 Å². The van der Waals surface area contributed by atoms with Crippen LogP contribution in [0.4, 0.5) is 0 Å². The van der Waals surface area contributed by atoms with Gasteiger partial charge in [0.15, 0.2) is 0 Å². The number of hydrogen-bond acceptors (Lipinski definition) is 4. The van der Waals surface area contributed by atoms with Crippen molar-refractivity contribution in [3.63, 3.8) is 0 Å². The maximum Gasteiger partial charge on any atom is 0.308 e. The Labute approximate surface area is 138 Å². The number of fused-ring (bicyclic) bond motifs is 1. The summed E-state index contributed by atoms with van der Waals surface area (Å²) in [7, 11) is 1.47. The molecule has 0 aromatic carbocycles. The maximum atomic E-state index is 12.1. The minimum atomic E-state index is -0.0800. The molecule has 2 saturated carbocycles. The molecule has 0 bridgehead atoms. The van der Waals surface area contributed by atoms with E-state index in [-0.39, 0.29) is 23.7 Å². The van der Waals surface area contributed by atoms with Gasteiger partial charge in [-0.2, -0.15) is 0 Å². The van der Waals surface area contributed by atoms with Gasteiger partial charge >= 0.3 is 5.97 Å². The van der Waals surface area contributed by atoms with Gasteiger partial charge in [-0.3, -0.25) is 9.59 Å². The summed E-state index contributed by atoms with van der Waals surface area (Å²) in [4.78, 5) is 23.9. The molecule has 5 heteroatoms. The van der Waals surface area contributed by atoms with Gasteiger partial charge in [-0.25, -0.2) is 0 Å². The largest absolute Gasteiger partial charge is 0.469 e. The summed E-state index contributed by atoms with van der Waals surface area (Å²) < 4.78 is 10.8. The molecular weight excluding hydrogens is 294 g/mol. The van der Waals surface area contributed by atoms with Gasteiger partial charge in [-0.1, -0.05) is 12.8 Å². The zero-order valence-electron chi connectivity index (χ0n) is 14.1. The zero-order chi connectivity index (χ0) is 16.2. The summed E-state index contributed by atoms with van der Waals surface area (Å²) in [5, 5.41) is 3.11. The highest BCUT2D eigenvalue weighted by Gasteiger charge is 2.43. The first-order valence-electron chi connectivity index (χ1n) is 9.16. The second kappa shape index (κ2) is 7.65. The van der Waals surface area contributed by atoms with Crippen molar-refractivity contribution in [2.24, 2.45) is 23.7 Å². The lowest BCUT2D eigenvalue weighted by molar-refractivity contribution is -0.148. The molecule has 1 aliphatic heterocycles. The Morgan fingerprint density at radius 1 is 1.13 bits per heavy atom. The van der Waals surface area contributed by atoms with E-state index in [1.807, 2.05) is 0 Å². The van der Waals surface area contributed by atoms with E-state index in [4.69, 9.17) is 9.47 Å². The first kappa shape index (κ1) is 16.7. The molecule has 3 rings (SSSR count). The molecule has 23 heavy (non-hydrogen) atoms. The Bertz CT molecular complexity index is 433. The van der Waals surface area contributed by atoms with Gasteiger partial charge in [0, 0.05) is 12.5 Å². The van der Waals surface area contributed by atoms with Gasteiger partial charge in [0.2, 0.25) is 5.91 Å². The van der Waals surface area contributed by atoms with E-state index >= 15 is 0 Å². The van der Waals surface area contributed by atoms with Crippen LogP contribution in [0.2, 0.25) is 0 Å². The van der Waals surface area contributed by atoms with Gasteiger partial charge in [0.05, 0.1) is 25.7 Å². The number of carbonyl (C=O) groups is 2. The van der Waals surface area contributed by atoms with Gasteiger partial charge in [-0.05, 0) is 50.4 Å². The van der Waals surface area contributed by atoms with Crippen LogP contribution in [0, 0.1) is 23.7 Å². The van der Waals surface area contributed by atoms with Gasteiger partial charge in [0.25, 0.3) is 0 Å². The molecule has 2 aliphatic carbocycles. The van der Waals surface area contributed by atoms with Crippen LogP contribution in [-0.2, 0) is 19.1 Å². The Hall–Kier alpha value is -1.10. The van der Waals surface area contributed by atoms with Gasteiger partial charge in [-0.15, -0.1) is 0 Å². The third kappa shape index (κ3) is 3.87. The summed E-state index contributed by atoms with van der Waals surface area (Å²) in [6.45, 7) is 1.50. The lowest BCUT2D eigenvalue weighted by atomic mass is 9.74. The van der Waals surface area contributed by atoms with E-state index in [2.05, 4.69) is 5.32 Å². The van der Waals surface area contributed by atoms with Gasteiger partial charge in [0.1, 0.15) is 0 Å². The Morgan fingerprint density at radius 3 is 2.65 bits per heavy atom. The van der Waals surface area contributed by atoms with E-state index in [1.54, 1.807) is 0 Å². The average molecular weight is 323 g/mol. The first-order chi connectivity index (χ1) is 11.2. The zero-order valence-corrected chi connectivity index (χ0v) is 14.1. The van der Waals surface area contributed by atoms with Crippen LogP contribution < -0.4 is 5.32 Å². The highest BCUT2D eigenvalue weighted by molar-refractivity contribution is 5.78. The second-order valence-corrected chi connectivity index (χ2v) is 7.39. The monoisotopic (exact) mass is 323 g/mol. The fourth-order valence-electron chi connectivity index (χ4n) is 4.64. The van der Waals surface area contributed by atoms with Crippen LogP contribution in [0.1, 0.15) is 51.4 Å². The molecule has 0 spiro atoms. The number of esters is 1. The second-order valence-electron chi connectivity index (χ2n) is 7.39. The van der Waals surface area contributed by atoms with Crippen LogP contribution in [0.15, 0.2) is 0 Å². The minimum absolute atomic E-state index is 0.0264. The SMILES string of the molecule is COC(=O)C1CCC2OCC(CCNC(=O)C3CCCC3)C2C1. The van der Waals surface area contributed by atoms with Crippen molar-refractivity contribution in [2.45, 2.75) is 57.5 Å². The smallest absolute Gasteiger partial charge is 0.308 e. The Balaban J connectivity index is 1.44. The van der Waals surface area contributed by atoms with Crippen LogP contribution in [-0.4, -0.2) is 38.2 Å². The molecular formula is C18H29NO4. The lowest BCUT2D eigenvalue weighted by Gasteiger charge is -2.31. The predicted molar refractivity (Wildman–Crippen MR) is 85.7 cm³/mol. The molecule has 4 unspecified atom stereocenters. The predicted octanol–water partition coefficient (Wildman–Crippen LogP) is 2.29. The molecule has 1 heterocycles. The summed E-state index contributed by atoms with van der Waals surface area (Å²) in [6, 6.07) is 0. The van der Waals surface area contributed by atoms with Crippen molar-refractivity contribution in [2.75, 3.05) is 20.3 Å². The minimum Gasteiger partial charge on any atom is -0.469 e. The summed E-state index contributed by atoms with van der Waals surface area (Å²) >= 11 is 0. The maximum absolute atomic E-state index is 12.1. The topological polar surface area (TPSA) is 64.6 Å². The van der Waals surface area contributed by atoms with Gasteiger partial charge < -0.3 is 14.8 Å². The molecule has 1 amide bonds. The number of rotatable bonds is 5. The quantitative estimate of drug-likeness (QED) is 0.789.